The van der Waals surface area contributed by atoms with E-state index in [0.717, 1.165) is 25.0 Å². The van der Waals surface area contributed by atoms with Crippen molar-refractivity contribution in [2.75, 3.05) is 13.2 Å². The van der Waals surface area contributed by atoms with Crippen LogP contribution in [0.2, 0.25) is 5.02 Å². The van der Waals surface area contributed by atoms with Gasteiger partial charge in [0.1, 0.15) is 11.6 Å². The fourth-order valence-electron chi connectivity index (χ4n) is 4.30. The molecule has 0 saturated heterocycles. The Bertz CT molecular complexity index is 1550. The predicted octanol–water partition coefficient (Wildman–Crippen LogP) is 7.02. The van der Waals surface area contributed by atoms with Crippen molar-refractivity contribution in [3.63, 3.8) is 0 Å². The van der Waals surface area contributed by atoms with Crippen molar-refractivity contribution in [1.29, 1.82) is 0 Å². The highest BCUT2D eigenvalue weighted by molar-refractivity contribution is 6.33. The number of fused-ring (bicyclic) bond motifs is 1. The number of aromatic nitrogens is 2. The average molecular weight is 529 g/mol. The lowest BCUT2D eigenvalue weighted by molar-refractivity contribution is 0.0953. The molecule has 2 heterocycles. The van der Waals surface area contributed by atoms with Crippen LogP contribution in [0.15, 0.2) is 77.9 Å². The van der Waals surface area contributed by atoms with Gasteiger partial charge in [0.25, 0.3) is 5.91 Å². The van der Waals surface area contributed by atoms with Crippen molar-refractivity contribution in [2.24, 2.45) is 4.99 Å². The van der Waals surface area contributed by atoms with Crippen LogP contribution < -0.4 is 10.1 Å². The molecule has 0 aliphatic carbocycles. The Morgan fingerprint density at radius 3 is 2.61 bits per heavy atom. The zero-order valence-electron chi connectivity index (χ0n) is 20.9. The first-order valence-corrected chi connectivity index (χ1v) is 12.9. The SMILES string of the molecule is CCOc1ccc(Cl)c(-c2nc3cc(C(=O)NCCCC4=NC=CC4)ccc3nc2-c2ccc(F)cc2)c1. The summed E-state index contributed by atoms with van der Waals surface area (Å²) in [7, 11) is 0. The molecular formula is C30H26ClFN4O2. The molecule has 3 aromatic carbocycles. The summed E-state index contributed by atoms with van der Waals surface area (Å²) >= 11 is 6.61. The Hall–Kier alpha value is -4.10. The quantitative estimate of drug-likeness (QED) is 0.237. The van der Waals surface area contributed by atoms with Gasteiger partial charge in [-0.25, -0.2) is 14.4 Å². The van der Waals surface area contributed by atoms with E-state index in [1.807, 2.05) is 25.3 Å². The molecule has 38 heavy (non-hydrogen) atoms. The molecular weight excluding hydrogens is 503 g/mol. The standard InChI is InChI=1S/C30H26ClFN4O2/c1-2-38-23-12-13-25(31)24(18-23)29-28(19-7-10-21(32)11-8-19)35-26-14-9-20(17-27(26)36-29)30(37)34-16-4-6-22-5-3-15-33-22/h3,7-15,17-18H,2,4-6,16H2,1H3,(H,34,37). The number of benzene rings is 3. The van der Waals surface area contributed by atoms with Crippen LogP contribution in [0.1, 0.15) is 36.5 Å². The Labute approximate surface area is 225 Å². The number of rotatable bonds is 9. The lowest BCUT2D eigenvalue weighted by Crippen LogP contribution is -2.24. The minimum atomic E-state index is -0.344. The molecule has 0 bridgehead atoms. The van der Waals surface area contributed by atoms with Gasteiger partial charge in [0.15, 0.2) is 0 Å². The number of carbonyl (C=O) groups is 1. The number of allylic oxidation sites excluding steroid dienone is 1. The van der Waals surface area contributed by atoms with E-state index in [9.17, 15) is 9.18 Å². The fraction of sp³-hybridized carbons (Fsp3) is 0.200. The highest BCUT2D eigenvalue weighted by Gasteiger charge is 2.18. The van der Waals surface area contributed by atoms with Gasteiger partial charge in [-0.15, -0.1) is 0 Å². The van der Waals surface area contributed by atoms with Crippen molar-refractivity contribution >= 4 is 34.3 Å². The predicted molar refractivity (Wildman–Crippen MR) is 149 cm³/mol. The lowest BCUT2D eigenvalue weighted by atomic mass is 10.0. The van der Waals surface area contributed by atoms with Crippen molar-refractivity contribution in [1.82, 2.24) is 15.3 Å². The normalized spacial score (nSPS) is 12.6. The van der Waals surface area contributed by atoms with Crippen LogP contribution in [0.4, 0.5) is 4.39 Å². The van der Waals surface area contributed by atoms with Crippen LogP contribution in [-0.4, -0.2) is 34.7 Å². The number of carbonyl (C=O) groups excluding carboxylic acids is 1. The Kier molecular flexibility index (Phi) is 7.75. The van der Waals surface area contributed by atoms with E-state index in [0.29, 0.717) is 63.0 Å². The smallest absolute Gasteiger partial charge is 0.251 e. The van der Waals surface area contributed by atoms with Crippen LogP contribution in [0.3, 0.4) is 0 Å². The summed E-state index contributed by atoms with van der Waals surface area (Å²) in [6.45, 7) is 2.95. The molecule has 8 heteroatoms. The maximum atomic E-state index is 13.7. The minimum absolute atomic E-state index is 0.180. The molecule has 1 aromatic heterocycles. The Morgan fingerprint density at radius 2 is 1.84 bits per heavy atom. The molecule has 5 rings (SSSR count). The molecule has 4 aromatic rings. The molecule has 6 nitrogen and oxygen atoms in total. The number of hydrogen-bond donors (Lipinski definition) is 1. The molecule has 0 spiro atoms. The molecule has 0 unspecified atom stereocenters. The van der Waals surface area contributed by atoms with Crippen molar-refractivity contribution < 1.29 is 13.9 Å². The first-order chi connectivity index (χ1) is 18.5. The summed E-state index contributed by atoms with van der Waals surface area (Å²) < 4.78 is 19.4. The zero-order chi connectivity index (χ0) is 26.5. The minimum Gasteiger partial charge on any atom is -0.494 e. The molecule has 0 saturated carbocycles. The maximum Gasteiger partial charge on any atom is 0.251 e. The topological polar surface area (TPSA) is 76.5 Å². The highest BCUT2D eigenvalue weighted by atomic mass is 35.5. The Balaban J connectivity index is 1.49. The van der Waals surface area contributed by atoms with E-state index in [1.54, 1.807) is 42.5 Å². The average Bonchev–Trinajstić information content (AvgIpc) is 3.45. The summed E-state index contributed by atoms with van der Waals surface area (Å²) in [5, 5.41) is 3.44. The first kappa shape index (κ1) is 25.5. The Morgan fingerprint density at radius 1 is 1.03 bits per heavy atom. The van der Waals surface area contributed by atoms with E-state index in [4.69, 9.17) is 26.3 Å². The molecule has 1 N–H and O–H groups in total. The van der Waals surface area contributed by atoms with E-state index in [1.165, 1.54) is 12.1 Å². The summed E-state index contributed by atoms with van der Waals surface area (Å²) in [5.41, 5.74) is 5.16. The second kappa shape index (κ2) is 11.5. The zero-order valence-corrected chi connectivity index (χ0v) is 21.6. The maximum absolute atomic E-state index is 13.7. The molecule has 192 valence electrons. The van der Waals surface area contributed by atoms with E-state index in [2.05, 4.69) is 10.3 Å². The second-order valence-corrected chi connectivity index (χ2v) is 9.26. The number of amides is 1. The fourth-order valence-corrected chi connectivity index (χ4v) is 4.50. The molecule has 1 aliphatic heterocycles. The van der Waals surface area contributed by atoms with Crippen LogP contribution >= 0.6 is 11.6 Å². The number of hydrogen-bond acceptors (Lipinski definition) is 5. The highest BCUT2D eigenvalue weighted by Crippen LogP contribution is 2.37. The monoisotopic (exact) mass is 528 g/mol. The number of aliphatic imine (C=N–C) groups is 1. The second-order valence-electron chi connectivity index (χ2n) is 8.85. The third kappa shape index (κ3) is 5.73. The van der Waals surface area contributed by atoms with E-state index in [-0.39, 0.29) is 11.7 Å². The number of nitrogens with one attached hydrogen (secondary N) is 1. The molecule has 0 radical (unpaired) electrons. The first-order valence-electron chi connectivity index (χ1n) is 12.5. The van der Waals surface area contributed by atoms with Gasteiger partial charge in [0.05, 0.1) is 34.1 Å². The van der Waals surface area contributed by atoms with Crippen LogP contribution in [-0.2, 0) is 0 Å². The third-order valence-electron chi connectivity index (χ3n) is 6.19. The molecule has 1 amide bonds. The third-order valence-corrected chi connectivity index (χ3v) is 6.52. The molecule has 1 aliphatic rings. The van der Waals surface area contributed by atoms with Gasteiger partial charge >= 0.3 is 0 Å². The van der Waals surface area contributed by atoms with Crippen molar-refractivity contribution in [2.45, 2.75) is 26.2 Å². The van der Waals surface area contributed by atoms with Crippen molar-refractivity contribution in [3.8, 4) is 28.3 Å². The van der Waals surface area contributed by atoms with Gasteiger partial charge in [-0.2, -0.15) is 0 Å². The lowest BCUT2D eigenvalue weighted by Gasteiger charge is -2.14. The van der Waals surface area contributed by atoms with E-state index >= 15 is 0 Å². The van der Waals surface area contributed by atoms with E-state index < -0.39 is 0 Å². The van der Waals surface area contributed by atoms with Crippen LogP contribution in [0.25, 0.3) is 33.5 Å². The summed E-state index contributed by atoms with van der Waals surface area (Å²) in [5.74, 6) is 0.121. The number of nitrogens with zero attached hydrogens (tertiary/aromatic N) is 3. The summed E-state index contributed by atoms with van der Waals surface area (Å²) in [6.07, 6.45) is 6.41. The summed E-state index contributed by atoms with van der Waals surface area (Å²) in [4.78, 5) is 26.9. The van der Waals surface area contributed by atoms with Gasteiger partial charge in [-0.05, 0) is 80.4 Å². The number of ether oxygens (including phenoxy) is 1. The molecule has 0 fully saturated rings. The van der Waals surface area contributed by atoms with Crippen LogP contribution in [0, 0.1) is 5.82 Å². The van der Waals surface area contributed by atoms with Crippen molar-refractivity contribution in [3.05, 3.63) is 89.3 Å². The van der Waals surface area contributed by atoms with Gasteiger partial charge < -0.3 is 10.1 Å². The van der Waals surface area contributed by atoms with Gasteiger partial charge in [0.2, 0.25) is 0 Å². The number of halogens is 2. The van der Waals surface area contributed by atoms with Gasteiger partial charge in [-0.1, -0.05) is 17.7 Å². The molecule has 0 atom stereocenters. The largest absolute Gasteiger partial charge is 0.494 e. The summed E-state index contributed by atoms with van der Waals surface area (Å²) in [6, 6.07) is 16.7. The van der Waals surface area contributed by atoms with Crippen LogP contribution in [0.5, 0.6) is 5.75 Å². The van der Waals surface area contributed by atoms with Gasteiger partial charge in [0, 0.05) is 41.6 Å². The van der Waals surface area contributed by atoms with Gasteiger partial charge in [-0.3, -0.25) is 9.79 Å².